The van der Waals surface area contributed by atoms with Crippen molar-refractivity contribution in [1.82, 2.24) is 0 Å². The van der Waals surface area contributed by atoms with Gasteiger partial charge in [0.25, 0.3) is 0 Å². The van der Waals surface area contributed by atoms with E-state index in [0.717, 1.165) is 17.1 Å². The molecule has 1 rings (SSSR count). The Kier molecular flexibility index (Phi) is 4.58. The Morgan fingerprint density at radius 2 is 1.81 bits per heavy atom. The summed E-state index contributed by atoms with van der Waals surface area (Å²) in [4.78, 5) is 0. The largest absolute Gasteiger partial charge is 0.497 e. The van der Waals surface area contributed by atoms with Gasteiger partial charge in [0.1, 0.15) is 11.5 Å². The van der Waals surface area contributed by atoms with Crippen molar-refractivity contribution < 1.29 is 14.2 Å². The van der Waals surface area contributed by atoms with Crippen molar-refractivity contribution in [3.8, 4) is 11.5 Å². The van der Waals surface area contributed by atoms with Crippen LogP contribution >= 0.6 is 0 Å². The molecular weight excluding hydrogens is 206 g/mol. The molecule has 0 amide bonds. The van der Waals surface area contributed by atoms with E-state index >= 15 is 0 Å². The summed E-state index contributed by atoms with van der Waals surface area (Å²) in [6.07, 6.45) is -0.0673. The van der Waals surface area contributed by atoms with Gasteiger partial charge in [0.15, 0.2) is 0 Å². The third-order valence-electron chi connectivity index (χ3n) is 2.68. The predicted molar refractivity (Wildman–Crippen MR) is 62.9 cm³/mol. The third kappa shape index (κ3) is 2.65. The average Bonchev–Trinajstić information content (AvgIpc) is 2.35. The Bertz CT molecular complexity index is 341. The van der Waals surface area contributed by atoms with E-state index in [2.05, 4.69) is 0 Å². The highest BCUT2D eigenvalue weighted by atomic mass is 16.5. The van der Waals surface area contributed by atoms with E-state index in [9.17, 15) is 0 Å². The number of ether oxygens (including phenoxy) is 3. The van der Waals surface area contributed by atoms with E-state index < -0.39 is 0 Å². The van der Waals surface area contributed by atoms with E-state index in [1.54, 1.807) is 21.3 Å². The fraction of sp³-hybridized carbons (Fsp3) is 0.500. The van der Waals surface area contributed by atoms with Gasteiger partial charge in [-0.2, -0.15) is 0 Å². The van der Waals surface area contributed by atoms with Crippen LogP contribution in [0.15, 0.2) is 18.2 Å². The fourth-order valence-electron chi connectivity index (χ4n) is 1.49. The topological polar surface area (TPSA) is 53.7 Å². The highest BCUT2D eigenvalue weighted by Gasteiger charge is 2.18. The number of rotatable bonds is 5. The van der Waals surface area contributed by atoms with Crippen molar-refractivity contribution in [2.45, 2.75) is 19.1 Å². The smallest absolute Gasteiger partial charge is 0.127 e. The minimum atomic E-state index is -0.217. The van der Waals surface area contributed by atoms with Gasteiger partial charge >= 0.3 is 0 Å². The molecule has 0 spiro atoms. The van der Waals surface area contributed by atoms with Gasteiger partial charge in [-0.15, -0.1) is 0 Å². The number of hydrogen-bond acceptors (Lipinski definition) is 4. The lowest BCUT2D eigenvalue weighted by molar-refractivity contribution is 0.0948. The number of methoxy groups -OCH3 is 3. The van der Waals surface area contributed by atoms with E-state index in [-0.39, 0.29) is 12.1 Å². The molecule has 4 heteroatoms. The summed E-state index contributed by atoms with van der Waals surface area (Å²) in [6, 6.07) is 5.36. The quantitative estimate of drug-likeness (QED) is 0.829. The molecule has 16 heavy (non-hydrogen) atoms. The van der Waals surface area contributed by atoms with Crippen LogP contribution in [0.4, 0.5) is 0 Å². The second-order valence-corrected chi connectivity index (χ2v) is 3.57. The van der Waals surface area contributed by atoms with Gasteiger partial charge < -0.3 is 19.9 Å². The highest BCUT2D eigenvalue weighted by molar-refractivity contribution is 5.42. The minimum absolute atomic E-state index is 0.0673. The summed E-state index contributed by atoms with van der Waals surface area (Å²) in [6.45, 7) is 1.92. The predicted octanol–water partition coefficient (Wildman–Crippen LogP) is 1.74. The normalized spacial score (nSPS) is 14.3. The molecule has 0 heterocycles. The van der Waals surface area contributed by atoms with Crippen molar-refractivity contribution in [3.05, 3.63) is 23.8 Å². The lowest BCUT2D eigenvalue weighted by Gasteiger charge is -2.21. The summed E-state index contributed by atoms with van der Waals surface area (Å²) >= 11 is 0. The lowest BCUT2D eigenvalue weighted by Crippen LogP contribution is -2.25. The zero-order valence-corrected chi connectivity index (χ0v) is 10.2. The van der Waals surface area contributed by atoms with Crippen molar-refractivity contribution in [2.24, 2.45) is 5.73 Å². The van der Waals surface area contributed by atoms with Crippen LogP contribution in [0.5, 0.6) is 11.5 Å². The standard InChI is InChI=1S/C12H19NO3/c1-8(14-2)12(13)10-6-5-9(15-3)7-11(10)16-4/h5-8,12H,13H2,1-4H3. The van der Waals surface area contributed by atoms with Crippen LogP contribution in [0.3, 0.4) is 0 Å². The number of hydrogen-bond donors (Lipinski definition) is 1. The number of nitrogens with two attached hydrogens (primary N) is 1. The minimum Gasteiger partial charge on any atom is -0.497 e. The Hall–Kier alpha value is -1.26. The molecular formula is C12H19NO3. The summed E-state index contributed by atoms with van der Waals surface area (Å²) in [5.74, 6) is 1.47. The van der Waals surface area contributed by atoms with Crippen molar-refractivity contribution in [2.75, 3.05) is 21.3 Å². The highest BCUT2D eigenvalue weighted by Crippen LogP contribution is 2.30. The molecule has 0 saturated carbocycles. The van der Waals surface area contributed by atoms with Crippen LogP contribution in [-0.4, -0.2) is 27.4 Å². The van der Waals surface area contributed by atoms with Crippen molar-refractivity contribution in [3.63, 3.8) is 0 Å². The molecule has 0 saturated heterocycles. The summed E-state index contributed by atoms with van der Waals surface area (Å²) < 4.78 is 15.6. The molecule has 0 aliphatic heterocycles. The van der Waals surface area contributed by atoms with Crippen LogP contribution in [0.25, 0.3) is 0 Å². The second-order valence-electron chi connectivity index (χ2n) is 3.57. The zero-order chi connectivity index (χ0) is 12.1. The molecule has 2 N–H and O–H groups in total. The van der Waals surface area contributed by atoms with Gasteiger partial charge in [-0.05, 0) is 19.1 Å². The first-order chi connectivity index (χ1) is 7.63. The van der Waals surface area contributed by atoms with Crippen LogP contribution in [-0.2, 0) is 4.74 Å². The van der Waals surface area contributed by atoms with Crippen LogP contribution in [0.2, 0.25) is 0 Å². The maximum Gasteiger partial charge on any atom is 0.127 e. The summed E-state index contributed by atoms with van der Waals surface area (Å²) in [5, 5.41) is 0. The first kappa shape index (κ1) is 12.8. The third-order valence-corrected chi connectivity index (χ3v) is 2.68. The fourth-order valence-corrected chi connectivity index (χ4v) is 1.49. The van der Waals surface area contributed by atoms with Gasteiger partial charge in [-0.1, -0.05) is 0 Å². The van der Waals surface area contributed by atoms with Gasteiger partial charge in [0.2, 0.25) is 0 Å². The lowest BCUT2D eigenvalue weighted by atomic mass is 10.0. The Morgan fingerprint density at radius 1 is 1.12 bits per heavy atom. The van der Waals surface area contributed by atoms with Gasteiger partial charge in [-0.25, -0.2) is 0 Å². The Balaban J connectivity index is 3.03. The van der Waals surface area contributed by atoms with Gasteiger partial charge in [0, 0.05) is 18.7 Å². The molecule has 0 fully saturated rings. The van der Waals surface area contributed by atoms with E-state index in [0.29, 0.717) is 0 Å². The molecule has 0 radical (unpaired) electrons. The van der Waals surface area contributed by atoms with E-state index in [4.69, 9.17) is 19.9 Å². The molecule has 1 aromatic carbocycles. The van der Waals surface area contributed by atoms with Crippen molar-refractivity contribution >= 4 is 0 Å². The molecule has 1 aromatic rings. The SMILES string of the molecule is COc1ccc(C(N)C(C)OC)c(OC)c1. The molecule has 0 aliphatic rings. The zero-order valence-electron chi connectivity index (χ0n) is 10.2. The summed E-state index contributed by atoms with van der Waals surface area (Å²) in [7, 11) is 4.87. The molecule has 4 nitrogen and oxygen atoms in total. The van der Waals surface area contributed by atoms with Crippen LogP contribution < -0.4 is 15.2 Å². The maximum absolute atomic E-state index is 6.07. The first-order valence-corrected chi connectivity index (χ1v) is 5.14. The second kappa shape index (κ2) is 5.72. The molecule has 90 valence electrons. The van der Waals surface area contributed by atoms with Crippen molar-refractivity contribution in [1.29, 1.82) is 0 Å². The molecule has 0 aliphatic carbocycles. The van der Waals surface area contributed by atoms with E-state index in [1.165, 1.54) is 0 Å². The van der Waals surface area contributed by atoms with Crippen LogP contribution in [0, 0.1) is 0 Å². The molecule has 2 atom stereocenters. The molecule has 0 aromatic heterocycles. The van der Waals surface area contributed by atoms with Crippen LogP contribution in [0.1, 0.15) is 18.5 Å². The number of benzene rings is 1. The summed E-state index contributed by atoms with van der Waals surface area (Å²) in [5.41, 5.74) is 6.99. The van der Waals surface area contributed by atoms with E-state index in [1.807, 2.05) is 25.1 Å². The first-order valence-electron chi connectivity index (χ1n) is 5.14. The van der Waals surface area contributed by atoms with Gasteiger partial charge in [0.05, 0.1) is 26.4 Å². The molecule has 2 unspecified atom stereocenters. The maximum atomic E-state index is 6.07. The Labute approximate surface area is 96.3 Å². The average molecular weight is 225 g/mol. The van der Waals surface area contributed by atoms with Gasteiger partial charge in [-0.3, -0.25) is 0 Å². The monoisotopic (exact) mass is 225 g/mol. The Morgan fingerprint density at radius 3 is 2.31 bits per heavy atom. The molecule has 0 bridgehead atoms.